The van der Waals surface area contributed by atoms with Crippen LogP contribution in [0.1, 0.15) is 44.9 Å². The van der Waals surface area contributed by atoms with E-state index in [1.165, 1.54) is 50.6 Å². The standard InChI is InChI=1S/C23H28N4O8/c1-34-20-12-10-16(26(30)31)14-18(20)24-22(28)8-6-4-3-5-7-9-23(29)25-19-15-17(27(32)33)11-13-21(19)35-2/h10-15H,3-9H2,1-2H3,(H,24,28)(H,25,29). The van der Waals surface area contributed by atoms with E-state index in [9.17, 15) is 29.8 Å². The van der Waals surface area contributed by atoms with Crippen LogP contribution in [0.2, 0.25) is 0 Å². The second kappa shape index (κ2) is 13.5. The van der Waals surface area contributed by atoms with Gasteiger partial charge in [-0.15, -0.1) is 0 Å². The lowest BCUT2D eigenvalue weighted by atomic mass is 10.1. The number of amides is 2. The van der Waals surface area contributed by atoms with Crippen molar-refractivity contribution >= 4 is 34.6 Å². The highest BCUT2D eigenvalue weighted by atomic mass is 16.6. The van der Waals surface area contributed by atoms with Gasteiger partial charge < -0.3 is 20.1 Å². The second-order valence-corrected chi connectivity index (χ2v) is 7.65. The molecule has 2 N–H and O–H groups in total. The van der Waals surface area contributed by atoms with Crippen molar-refractivity contribution in [3.63, 3.8) is 0 Å². The van der Waals surface area contributed by atoms with E-state index in [-0.39, 0.29) is 47.4 Å². The van der Waals surface area contributed by atoms with Gasteiger partial charge >= 0.3 is 0 Å². The van der Waals surface area contributed by atoms with Gasteiger partial charge in [-0.25, -0.2) is 0 Å². The molecule has 0 heterocycles. The minimum atomic E-state index is -0.546. The van der Waals surface area contributed by atoms with Crippen molar-refractivity contribution in [2.75, 3.05) is 24.9 Å². The number of unbranched alkanes of at least 4 members (excludes halogenated alkanes) is 4. The molecule has 0 saturated carbocycles. The fraction of sp³-hybridized carbons (Fsp3) is 0.391. The van der Waals surface area contributed by atoms with Gasteiger partial charge in [-0.05, 0) is 25.0 Å². The zero-order valence-electron chi connectivity index (χ0n) is 19.6. The normalized spacial score (nSPS) is 10.3. The van der Waals surface area contributed by atoms with Gasteiger partial charge in [-0.1, -0.05) is 19.3 Å². The van der Waals surface area contributed by atoms with Crippen LogP contribution in [0.4, 0.5) is 22.7 Å². The average Bonchev–Trinajstić information content (AvgIpc) is 2.83. The number of carbonyl (C=O) groups is 2. The molecule has 0 aromatic heterocycles. The third kappa shape index (κ3) is 8.57. The highest BCUT2D eigenvalue weighted by molar-refractivity contribution is 5.93. The molecule has 2 amide bonds. The van der Waals surface area contributed by atoms with E-state index >= 15 is 0 Å². The van der Waals surface area contributed by atoms with Crippen molar-refractivity contribution < 1.29 is 28.9 Å². The maximum Gasteiger partial charge on any atom is 0.271 e. The number of ether oxygens (including phenoxy) is 2. The average molecular weight is 488 g/mol. The van der Waals surface area contributed by atoms with Crippen LogP contribution in [0.3, 0.4) is 0 Å². The van der Waals surface area contributed by atoms with Gasteiger partial charge in [0.2, 0.25) is 11.8 Å². The molecule has 0 radical (unpaired) electrons. The first-order chi connectivity index (χ1) is 16.7. The topological polar surface area (TPSA) is 163 Å². The van der Waals surface area contributed by atoms with Gasteiger partial charge in [0.05, 0.1) is 35.4 Å². The maximum absolute atomic E-state index is 12.2. The predicted molar refractivity (Wildman–Crippen MR) is 129 cm³/mol. The van der Waals surface area contributed by atoms with Gasteiger partial charge in [0.25, 0.3) is 11.4 Å². The van der Waals surface area contributed by atoms with Crippen molar-refractivity contribution in [3.8, 4) is 11.5 Å². The number of benzene rings is 2. The van der Waals surface area contributed by atoms with E-state index < -0.39 is 9.85 Å². The lowest BCUT2D eigenvalue weighted by Crippen LogP contribution is -2.12. The van der Waals surface area contributed by atoms with Gasteiger partial charge in [0.15, 0.2) is 0 Å². The summed E-state index contributed by atoms with van der Waals surface area (Å²) in [4.78, 5) is 45.2. The van der Waals surface area contributed by atoms with E-state index in [0.717, 1.165) is 19.3 Å². The van der Waals surface area contributed by atoms with Crippen LogP contribution >= 0.6 is 0 Å². The minimum absolute atomic E-state index is 0.144. The molecule has 35 heavy (non-hydrogen) atoms. The summed E-state index contributed by atoms with van der Waals surface area (Å²) in [5, 5.41) is 27.2. The molecule has 2 rings (SSSR count). The van der Waals surface area contributed by atoms with Crippen LogP contribution in [0.25, 0.3) is 0 Å². The molecular weight excluding hydrogens is 460 g/mol. The number of hydrogen-bond acceptors (Lipinski definition) is 8. The molecule has 0 fully saturated rings. The molecule has 2 aromatic carbocycles. The maximum atomic E-state index is 12.2. The smallest absolute Gasteiger partial charge is 0.271 e. The van der Waals surface area contributed by atoms with Crippen molar-refractivity contribution in [3.05, 3.63) is 56.6 Å². The van der Waals surface area contributed by atoms with Crippen LogP contribution in [0.5, 0.6) is 11.5 Å². The number of nitro groups is 2. The zero-order chi connectivity index (χ0) is 25.8. The van der Waals surface area contributed by atoms with Gasteiger partial charge in [-0.2, -0.15) is 0 Å². The first kappa shape index (κ1) is 27.0. The van der Waals surface area contributed by atoms with Crippen LogP contribution in [0, 0.1) is 20.2 Å². The quantitative estimate of drug-likeness (QED) is 0.217. The molecule has 0 spiro atoms. The van der Waals surface area contributed by atoms with Crippen molar-refractivity contribution in [1.82, 2.24) is 0 Å². The molecule has 0 aliphatic carbocycles. The molecule has 0 saturated heterocycles. The molecule has 12 nitrogen and oxygen atoms in total. The SMILES string of the molecule is COc1ccc([N+](=O)[O-])cc1NC(=O)CCCCCCCC(=O)Nc1cc([N+](=O)[O-])ccc1OC. The van der Waals surface area contributed by atoms with E-state index in [1.807, 2.05) is 0 Å². The summed E-state index contributed by atoms with van der Waals surface area (Å²) in [6.45, 7) is 0. The first-order valence-electron chi connectivity index (χ1n) is 11.0. The summed E-state index contributed by atoms with van der Waals surface area (Å²) in [7, 11) is 2.83. The Bertz CT molecular complexity index is 990. The van der Waals surface area contributed by atoms with Crippen molar-refractivity contribution in [2.24, 2.45) is 0 Å². The van der Waals surface area contributed by atoms with E-state index in [1.54, 1.807) is 0 Å². The fourth-order valence-corrected chi connectivity index (χ4v) is 3.34. The second-order valence-electron chi connectivity index (χ2n) is 7.65. The molecule has 2 aromatic rings. The zero-order valence-corrected chi connectivity index (χ0v) is 19.6. The number of non-ortho nitro benzene ring substituents is 2. The molecule has 0 atom stereocenters. The summed E-state index contributed by atoms with van der Waals surface area (Å²) in [5.41, 5.74) is 0.208. The Kier molecular flexibility index (Phi) is 10.4. The van der Waals surface area contributed by atoms with Crippen molar-refractivity contribution in [2.45, 2.75) is 44.9 Å². The monoisotopic (exact) mass is 488 g/mol. The third-order valence-electron chi connectivity index (χ3n) is 5.14. The van der Waals surface area contributed by atoms with E-state index in [2.05, 4.69) is 10.6 Å². The van der Waals surface area contributed by atoms with Crippen molar-refractivity contribution in [1.29, 1.82) is 0 Å². The lowest BCUT2D eigenvalue weighted by molar-refractivity contribution is -0.385. The van der Waals surface area contributed by atoms with Gasteiger partial charge in [0.1, 0.15) is 11.5 Å². The highest BCUT2D eigenvalue weighted by Crippen LogP contribution is 2.30. The fourth-order valence-electron chi connectivity index (χ4n) is 3.34. The highest BCUT2D eigenvalue weighted by Gasteiger charge is 2.15. The lowest BCUT2D eigenvalue weighted by Gasteiger charge is -2.10. The first-order valence-corrected chi connectivity index (χ1v) is 11.0. The van der Waals surface area contributed by atoms with E-state index in [0.29, 0.717) is 24.3 Å². The summed E-state index contributed by atoms with van der Waals surface area (Å²) >= 11 is 0. The van der Waals surface area contributed by atoms with E-state index in [4.69, 9.17) is 9.47 Å². The number of nitrogens with one attached hydrogen (secondary N) is 2. The number of carbonyl (C=O) groups excluding carboxylic acids is 2. The Hall–Kier alpha value is -4.22. The Morgan fingerprint density at radius 2 is 1.09 bits per heavy atom. The molecule has 0 bridgehead atoms. The number of rotatable bonds is 14. The van der Waals surface area contributed by atoms with Gasteiger partial charge in [-0.3, -0.25) is 29.8 Å². The van der Waals surface area contributed by atoms with Crippen LogP contribution in [-0.4, -0.2) is 35.9 Å². The summed E-state index contributed by atoms with van der Waals surface area (Å²) < 4.78 is 10.3. The Labute approximate surface area is 201 Å². The number of anilines is 2. The predicted octanol–water partition coefficient (Wildman–Crippen LogP) is 4.83. The summed E-state index contributed by atoms with van der Waals surface area (Å²) in [6, 6.07) is 7.97. The molecule has 188 valence electrons. The Morgan fingerprint density at radius 3 is 1.43 bits per heavy atom. The van der Waals surface area contributed by atoms with Crippen LogP contribution in [0.15, 0.2) is 36.4 Å². The van der Waals surface area contributed by atoms with Crippen LogP contribution < -0.4 is 20.1 Å². The number of methoxy groups -OCH3 is 2. The molecular formula is C23H28N4O8. The molecule has 0 aliphatic rings. The molecule has 12 heteroatoms. The third-order valence-corrected chi connectivity index (χ3v) is 5.14. The minimum Gasteiger partial charge on any atom is -0.495 e. The summed E-state index contributed by atoms with van der Waals surface area (Å²) in [6.07, 6.45) is 4.12. The molecule has 0 aliphatic heterocycles. The largest absolute Gasteiger partial charge is 0.495 e. The van der Waals surface area contributed by atoms with Crippen LogP contribution in [-0.2, 0) is 9.59 Å². The van der Waals surface area contributed by atoms with Gasteiger partial charge in [0, 0.05) is 37.1 Å². The number of nitrogens with zero attached hydrogens (tertiary/aromatic N) is 2. The molecule has 0 unspecified atom stereocenters. The Balaban J connectivity index is 1.68. The Morgan fingerprint density at radius 1 is 0.714 bits per heavy atom. The number of nitro benzene ring substituents is 2. The summed E-state index contributed by atoms with van der Waals surface area (Å²) in [5.74, 6) is 0.137. The number of hydrogen-bond donors (Lipinski definition) is 2.